The molecule has 0 unspecified atom stereocenters. The molecule has 1 aromatic carbocycles. The third kappa shape index (κ3) is 2.01. The van der Waals surface area contributed by atoms with Gasteiger partial charge in [-0.1, -0.05) is 12.1 Å². The van der Waals surface area contributed by atoms with E-state index in [1.807, 2.05) is 25.1 Å². The van der Waals surface area contributed by atoms with Crippen LogP contribution in [0.25, 0.3) is 0 Å². The van der Waals surface area contributed by atoms with E-state index in [0.717, 1.165) is 23.5 Å². The zero-order valence-electron chi connectivity index (χ0n) is 9.04. The summed E-state index contributed by atoms with van der Waals surface area (Å²) in [4.78, 5) is 0. The fourth-order valence-electron chi connectivity index (χ4n) is 1.60. The van der Waals surface area contributed by atoms with Crippen LogP contribution in [-0.4, -0.2) is 10.2 Å². The minimum atomic E-state index is 0.803. The van der Waals surface area contributed by atoms with E-state index in [1.54, 1.807) is 0 Å². The summed E-state index contributed by atoms with van der Waals surface area (Å²) in [5.74, 6) is 0. The van der Waals surface area contributed by atoms with Gasteiger partial charge in [0, 0.05) is 17.8 Å². The van der Waals surface area contributed by atoms with Gasteiger partial charge in [0.05, 0.1) is 5.69 Å². The Bertz CT molecular complexity index is 471. The molecule has 1 heterocycles. The molecule has 3 heteroatoms. The van der Waals surface area contributed by atoms with E-state index in [4.69, 9.17) is 5.73 Å². The van der Waals surface area contributed by atoms with Crippen LogP contribution < -0.4 is 5.73 Å². The van der Waals surface area contributed by atoms with Crippen LogP contribution in [0.2, 0.25) is 0 Å². The minimum absolute atomic E-state index is 0.803. The third-order valence-electron chi connectivity index (χ3n) is 2.68. The number of aromatic amines is 1. The van der Waals surface area contributed by atoms with E-state index < -0.39 is 0 Å². The van der Waals surface area contributed by atoms with Gasteiger partial charge in [0.1, 0.15) is 0 Å². The van der Waals surface area contributed by atoms with Crippen LogP contribution in [0.15, 0.2) is 24.3 Å². The summed E-state index contributed by atoms with van der Waals surface area (Å²) < 4.78 is 0. The number of nitrogens with zero attached hydrogens (tertiary/aromatic N) is 1. The number of anilines is 1. The van der Waals surface area contributed by atoms with Gasteiger partial charge in [-0.2, -0.15) is 5.10 Å². The Balaban J connectivity index is 2.26. The van der Waals surface area contributed by atoms with Crippen LogP contribution in [0.1, 0.15) is 22.5 Å². The van der Waals surface area contributed by atoms with Gasteiger partial charge in [-0.15, -0.1) is 0 Å². The number of H-pyrrole nitrogens is 1. The second kappa shape index (κ2) is 3.77. The van der Waals surface area contributed by atoms with Crippen LogP contribution in [0, 0.1) is 13.8 Å². The van der Waals surface area contributed by atoms with Gasteiger partial charge in [-0.25, -0.2) is 0 Å². The van der Waals surface area contributed by atoms with E-state index in [0.29, 0.717) is 0 Å². The molecule has 1 aromatic heterocycles. The number of aromatic nitrogens is 2. The fourth-order valence-corrected chi connectivity index (χ4v) is 1.60. The number of nitrogen functional groups attached to an aromatic ring is 1. The van der Waals surface area contributed by atoms with Gasteiger partial charge in [0.2, 0.25) is 0 Å². The van der Waals surface area contributed by atoms with Crippen LogP contribution in [0.3, 0.4) is 0 Å². The summed E-state index contributed by atoms with van der Waals surface area (Å²) in [7, 11) is 0. The molecule has 0 fully saturated rings. The normalized spacial score (nSPS) is 10.5. The first kappa shape index (κ1) is 9.77. The second-order valence-corrected chi connectivity index (χ2v) is 3.84. The number of nitrogens with one attached hydrogen (secondary N) is 1. The lowest BCUT2D eigenvalue weighted by Gasteiger charge is -2.01. The van der Waals surface area contributed by atoms with E-state index in [2.05, 4.69) is 23.2 Å². The number of benzene rings is 1. The standard InChI is InChI=1S/C12H15N3/c1-8-9(2)14-15-12(8)7-10-4-3-5-11(13)6-10/h3-6H,7,13H2,1-2H3,(H,14,15). The molecule has 2 aromatic rings. The lowest BCUT2D eigenvalue weighted by atomic mass is 10.1. The van der Waals surface area contributed by atoms with Crippen LogP contribution >= 0.6 is 0 Å². The molecule has 0 saturated carbocycles. The molecule has 0 aliphatic heterocycles. The topological polar surface area (TPSA) is 54.7 Å². The Kier molecular flexibility index (Phi) is 2.46. The van der Waals surface area contributed by atoms with Gasteiger partial charge in [0.25, 0.3) is 0 Å². The number of hydrogen-bond acceptors (Lipinski definition) is 2. The lowest BCUT2D eigenvalue weighted by Crippen LogP contribution is -1.93. The van der Waals surface area contributed by atoms with Crippen LogP contribution in [0.5, 0.6) is 0 Å². The Morgan fingerprint density at radius 2 is 2.13 bits per heavy atom. The maximum atomic E-state index is 5.73. The van der Waals surface area contributed by atoms with Crippen molar-refractivity contribution in [2.24, 2.45) is 0 Å². The molecule has 0 atom stereocenters. The maximum absolute atomic E-state index is 5.73. The molecule has 3 N–H and O–H groups in total. The monoisotopic (exact) mass is 201 g/mol. The molecule has 15 heavy (non-hydrogen) atoms. The zero-order chi connectivity index (χ0) is 10.8. The molecule has 0 amide bonds. The van der Waals surface area contributed by atoms with Gasteiger partial charge < -0.3 is 5.73 Å². The highest BCUT2D eigenvalue weighted by atomic mass is 15.1. The molecule has 0 aliphatic carbocycles. The maximum Gasteiger partial charge on any atom is 0.0697 e. The van der Waals surface area contributed by atoms with Crippen molar-refractivity contribution in [3.05, 3.63) is 46.8 Å². The highest BCUT2D eigenvalue weighted by Gasteiger charge is 2.06. The number of hydrogen-bond donors (Lipinski definition) is 2. The first-order valence-corrected chi connectivity index (χ1v) is 5.01. The molecule has 0 spiro atoms. The van der Waals surface area contributed by atoms with Gasteiger partial charge in [0.15, 0.2) is 0 Å². The molecule has 0 aliphatic rings. The van der Waals surface area contributed by atoms with Crippen molar-refractivity contribution >= 4 is 5.69 Å². The van der Waals surface area contributed by atoms with Crippen molar-refractivity contribution in [2.75, 3.05) is 5.73 Å². The van der Waals surface area contributed by atoms with Crippen molar-refractivity contribution < 1.29 is 0 Å². The molecule has 0 bridgehead atoms. The molecular formula is C12H15N3. The van der Waals surface area contributed by atoms with Crippen molar-refractivity contribution in [3.63, 3.8) is 0 Å². The minimum Gasteiger partial charge on any atom is -0.399 e. The summed E-state index contributed by atoms with van der Waals surface area (Å²) in [5.41, 5.74) is 11.2. The first-order chi connectivity index (χ1) is 7.16. The average molecular weight is 201 g/mol. The average Bonchev–Trinajstić information content (AvgIpc) is 2.50. The van der Waals surface area contributed by atoms with Crippen molar-refractivity contribution in [1.82, 2.24) is 10.2 Å². The SMILES string of the molecule is Cc1[nH]nc(Cc2cccc(N)c2)c1C. The first-order valence-electron chi connectivity index (χ1n) is 5.01. The number of rotatable bonds is 2. The smallest absolute Gasteiger partial charge is 0.0697 e. The van der Waals surface area contributed by atoms with E-state index in [9.17, 15) is 0 Å². The summed E-state index contributed by atoms with van der Waals surface area (Å²) in [6.45, 7) is 4.12. The van der Waals surface area contributed by atoms with Gasteiger partial charge in [-0.05, 0) is 37.1 Å². The van der Waals surface area contributed by atoms with E-state index >= 15 is 0 Å². The molecule has 2 rings (SSSR count). The Labute approximate surface area is 89.3 Å². The summed E-state index contributed by atoms with van der Waals surface area (Å²) in [5, 5.41) is 7.26. The highest BCUT2D eigenvalue weighted by molar-refractivity contribution is 5.42. The Morgan fingerprint density at radius 3 is 2.73 bits per heavy atom. The molecular weight excluding hydrogens is 186 g/mol. The van der Waals surface area contributed by atoms with Crippen molar-refractivity contribution in [1.29, 1.82) is 0 Å². The quantitative estimate of drug-likeness (QED) is 0.732. The predicted molar refractivity (Wildman–Crippen MR) is 61.7 cm³/mol. The van der Waals surface area contributed by atoms with Gasteiger partial charge in [-0.3, -0.25) is 5.10 Å². The molecule has 0 saturated heterocycles. The van der Waals surface area contributed by atoms with E-state index in [-0.39, 0.29) is 0 Å². The summed E-state index contributed by atoms with van der Waals surface area (Å²) in [6.07, 6.45) is 0.835. The van der Waals surface area contributed by atoms with Gasteiger partial charge >= 0.3 is 0 Å². The number of nitrogens with two attached hydrogens (primary N) is 1. The summed E-state index contributed by atoms with van der Waals surface area (Å²) in [6, 6.07) is 7.93. The van der Waals surface area contributed by atoms with Crippen LogP contribution in [-0.2, 0) is 6.42 Å². The molecule has 78 valence electrons. The molecule has 3 nitrogen and oxygen atoms in total. The lowest BCUT2D eigenvalue weighted by molar-refractivity contribution is 0.978. The van der Waals surface area contributed by atoms with E-state index in [1.165, 1.54) is 11.1 Å². The summed E-state index contributed by atoms with van der Waals surface area (Å²) >= 11 is 0. The zero-order valence-corrected chi connectivity index (χ0v) is 9.04. The largest absolute Gasteiger partial charge is 0.399 e. The second-order valence-electron chi connectivity index (χ2n) is 3.84. The number of aryl methyl sites for hydroxylation is 1. The van der Waals surface area contributed by atoms with Crippen LogP contribution in [0.4, 0.5) is 5.69 Å². The fraction of sp³-hybridized carbons (Fsp3) is 0.250. The van der Waals surface area contributed by atoms with Crippen molar-refractivity contribution in [2.45, 2.75) is 20.3 Å². The Hall–Kier alpha value is -1.77. The third-order valence-corrected chi connectivity index (χ3v) is 2.68. The Morgan fingerprint density at radius 1 is 1.33 bits per heavy atom. The molecule has 0 radical (unpaired) electrons. The van der Waals surface area contributed by atoms with Crippen molar-refractivity contribution in [3.8, 4) is 0 Å². The highest BCUT2D eigenvalue weighted by Crippen LogP contribution is 2.15. The predicted octanol–water partition coefficient (Wildman–Crippen LogP) is 2.20.